The van der Waals surface area contributed by atoms with Gasteiger partial charge in [0.2, 0.25) is 6.79 Å². The Kier molecular flexibility index (Phi) is 6.75. The van der Waals surface area contributed by atoms with Crippen LogP contribution >= 0.6 is 27.3 Å². The van der Waals surface area contributed by atoms with E-state index < -0.39 is 12.0 Å². The van der Waals surface area contributed by atoms with Crippen LogP contribution in [0.25, 0.3) is 11.8 Å². The topological polar surface area (TPSA) is 84.1 Å². The van der Waals surface area contributed by atoms with Crippen LogP contribution in [0.1, 0.15) is 42.4 Å². The van der Waals surface area contributed by atoms with E-state index >= 15 is 0 Å². The molecule has 6 rings (SSSR count). The van der Waals surface area contributed by atoms with Crippen molar-refractivity contribution in [3.63, 3.8) is 0 Å². The van der Waals surface area contributed by atoms with E-state index in [9.17, 15) is 9.59 Å². The van der Waals surface area contributed by atoms with E-state index in [1.54, 1.807) is 24.5 Å². The summed E-state index contributed by atoms with van der Waals surface area (Å²) < 4.78 is 21.8. The molecule has 2 aromatic carbocycles. The number of carbonyl (C=O) groups is 1. The van der Waals surface area contributed by atoms with Crippen molar-refractivity contribution in [1.82, 2.24) is 9.13 Å². The lowest BCUT2D eigenvalue weighted by Gasteiger charge is -2.24. The molecule has 0 saturated heterocycles. The first-order valence-electron chi connectivity index (χ1n) is 12.8. The molecule has 2 aliphatic heterocycles. The highest BCUT2D eigenvalue weighted by molar-refractivity contribution is 9.10. The van der Waals surface area contributed by atoms with Crippen LogP contribution in [0.15, 0.2) is 74.1 Å². The predicted molar refractivity (Wildman–Crippen MR) is 156 cm³/mol. The molecule has 2 aliphatic rings. The van der Waals surface area contributed by atoms with E-state index in [2.05, 4.69) is 31.6 Å². The van der Waals surface area contributed by atoms with Gasteiger partial charge in [0.05, 0.1) is 28.5 Å². The third-order valence-corrected chi connectivity index (χ3v) is 8.58. The maximum Gasteiger partial charge on any atom is 0.338 e. The second-order valence-corrected chi connectivity index (χ2v) is 11.5. The maximum absolute atomic E-state index is 14.0. The minimum absolute atomic E-state index is 0.125. The highest BCUT2D eigenvalue weighted by Crippen LogP contribution is 2.38. The molecule has 204 valence electrons. The van der Waals surface area contributed by atoms with Gasteiger partial charge < -0.3 is 18.8 Å². The van der Waals surface area contributed by atoms with Gasteiger partial charge in [-0.2, -0.15) is 0 Å². The Morgan fingerprint density at radius 1 is 1.12 bits per heavy atom. The van der Waals surface area contributed by atoms with E-state index in [1.165, 1.54) is 11.3 Å². The zero-order chi connectivity index (χ0) is 28.1. The summed E-state index contributed by atoms with van der Waals surface area (Å²) in [6.45, 7) is 7.94. The molecule has 0 aliphatic carbocycles. The fraction of sp³-hybridized carbons (Fsp3) is 0.233. The second-order valence-electron chi connectivity index (χ2n) is 9.55. The quantitative estimate of drug-likeness (QED) is 0.303. The average Bonchev–Trinajstić information content (AvgIpc) is 3.59. The molecule has 0 saturated carbocycles. The monoisotopic (exact) mass is 619 g/mol. The van der Waals surface area contributed by atoms with Crippen molar-refractivity contribution >= 4 is 39.3 Å². The molecule has 0 N–H and O–H groups in total. The average molecular weight is 621 g/mol. The van der Waals surface area contributed by atoms with Gasteiger partial charge in [-0.25, -0.2) is 9.79 Å². The largest absolute Gasteiger partial charge is 0.463 e. The molecule has 0 fully saturated rings. The van der Waals surface area contributed by atoms with E-state index in [4.69, 9.17) is 14.2 Å². The van der Waals surface area contributed by atoms with E-state index in [0.717, 1.165) is 27.1 Å². The molecular weight excluding hydrogens is 594 g/mol. The van der Waals surface area contributed by atoms with E-state index in [1.807, 2.05) is 56.3 Å². The summed E-state index contributed by atoms with van der Waals surface area (Å²) in [5.74, 6) is 0.687. The molecule has 0 bridgehead atoms. The molecule has 2 aromatic heterocycles. The molecule has 0 spiro atoms. The van der Waals surface area contributed by atoms with Crippen molar-refractivity contribution in [2.45, 2.75) is 33.7 Å². The van der Waals surface area contributed by atoms with Gasteiger partial charge in [-0.3, -0.25) is 9.36 Å². The van der Waals surface area contributed by atoms with E-state index in [-0.39, 0.29) is 19.0 Å². The van der Waals surface area contributed by atoms with Gasteiger partial charge >= 0.3 is 5.97 Å². The normalized spacial score (nSPS) is 16.2. The lowest BCUT2D eigenvalue weighted by atomic mass is 9.95. The highest BCUT2D eigenvalue weighted by Gasteiger charge is 2.34. The molecule has 0 radical (unpaired) electrons. The Morgan fingerprint density at radius 3 is 2.62 bits per heavy atom. The Balaban J connectivity index is 1.52. The number of ether oxygens (including phenoxy) is 3. The SMILES string of the molecule is CCOC(=O)C1=C(C)N=c2s/c(=C/c3cc(C)n(-c4ccc(Br)cc4)c3C)c(=O)n2[C@H]1c1ccc2c(c1)OCO2. The summed E-state index contributed by atoms with van der Waals surface area (Å²) in [4.78, 5) is 32.4. The number of aromatic nitrogens is 2. The van der Waals surface area contributed by atoms with Crippen LogP contribution in [0.5, 0.6) is 11.5 Å². The molecule has 4 aromatic rings. The lowest BCUT2D eigenvalue weighted by Crippen LogP contribution is -2.39. The molecule has 8 nitrogen and oxygen atoms in total. The van der Waals surface area contributed by atoms with Crippen LogP contribution in [-0.2, 0) is 9.53 Å². The van der Waals surface area contributed by atoms with Crippen LogP contribution in [0.3, 0.4) is 0 Å². The van der Waals surface area contributed by atoms with E-state index in [0.29, 0.717) is 37.7 Å². The van der Waals surface area contributed by atoms with Crippen LogP contribution in [0.4, 0.5) is 0 Å². The number of nitrogens with zero attached hydrogens (tertiary/aromatic N) is 3. The number of fused-ring (bicyclic) bond motifs is 2. The Labute approximate surface area is 242 Å². The first kappa shape index (κ1) is 26.3. The van der Waals surface area contributed by atoms with Crippen molar-refractivity contribution in [2.75, 3.05) is 13.4 Å². The number of halogens is 1. The summed E-state index contributed by atoms with van der Waals surface area (Å²) in [5.41, 5.74) is 5.37. The molecular formula is C30H26BrN3O5S. The summed E-state index contributed by atoms with van der Waals surface area (Å²) in [5, 5.41) is 0. The van der Waals surface area contributed by atoms with Crippen molar-refractivity contribution in [1.29, 1.82) is 0 Å². The minimum Gasteiger partial charge on any atom is -0.463 e. The summed E-state index contributed by atoms with van der Waals surface area (Å²) in [7, 11) is 0. The number of rotatable bonds is 5. The molecule has 0 unspecified atom stereocenters. The van der Waals surface area contributed by atoms with Gasteiger partial charge in [0.25, 0.3) is 5.56 Å². The molecule has 1 atom stereocenters. The number of hydrogen-bond donors (Lipinski definition) is 0. The Hall–Kier alpha value is -3.89. The number of hydrogen-bond acceptors (Lipinski definition) is 7. The van der Waals surface area contributed by atoms with Crippen molar-refractivity contribution < 1.29 is 19.0 Å². The zero-order valence-corrected chi connectivity index (χ0v) is 24.8. The van der Waals surface area contributed by atoms with Crippen LogP contribution in [0.2, 0.25) is 0 Å². The number of esters is 1. The predicted octanol–water partition coefficient (Wildman–Crippen LogP) is 4.70. The maximum atomic E-state index is 14.0. The molecule has 4 heterocycles. The fourth-order valence-corrected chi connectivity index (χ4v) is 6.55. The summed E-state index contributed by atoms with van der Waals surface area (Å²) in [6, 6.07) is 14.9. The van der Waals surface area contributed by atoms with Gasteiger partial charge in [0, 0.05) is 21.5 Å². The van der Waals surface area contributed by atoms with Gasteiger partial charge in [0.1, 0.15) is 0 Å². The van der Waals surface area contributed by atoms with Gasteiger partial charge in [-0.1, -0.05) is 33.3 Å². The molecule has 40 heavy (non-hydrogen) atoms. The van der Waals surface area contributed by atoms with Gasteiger partial charge in [-0.15, -0.1) is 0 Å². The first-order chi connectivity index (χ1) is 19.3. The molecule has 10 heteroatoms. The standard InChI is InChI=1S/C30H26BrN3O5S/c1-5-37-29(36)26-17(3)32-30-34(27(26)19-6-11-23-24(13-19)39-15-38-23)28(35)25(40-30)14-20-12-16(2)33(18(20)4)22-9-7-21(31)8-10-22/h6-14,27H,5,15H2,1-4H3/b25-14+/t27-/m0/s1. The number of carbonyl (C=O) groups excluding carboxylic acids is 1. The smallest absolute Gasteiger partial charge is 0.338 e. The molecule has 0 amide bonds. The van der Waals surface area contributed by atoms with Gasteiger partial charge in [0.15, 0.2) is 16.3 Å². The fourth-order valence-electron chi connectivity index (χ4n) is 5.25. The van der Waals surface area contributed by atoms with Crippen molar-refractivity contribution in [2.24, 2.45) is 4.99 Å². The van der Waals surface area contributed by atoms with Crippen LogP contribution < -0.4 is 24.4 Å². The van der Waals surface area contributed by atoms with Crippen LogP contribution in [-0.4, -0.2) is 28.5 Å². The first-order valence-corrected chi connectivity index (χ1v) is 14.4. The second kappa shape index (κ2) is 10.3. The zero-order valence-electron chi connectivity index (χ0n) is 22.4. The number of thiazole rings is 1. The summed E-state index contributed by atoms with van der Waals surface area (Å²) >= 11 is 4.80. The summed E-state index contributed by atoms with van der Waals surface area (Å²) in [6.07, 6.45) is 1.90. The Bertz CT molecular complexity index is 1880. The third-order valence-electron chi connectivity index (χ3n) is 7.07. The van der Waals surface area contributed by atoms with Crippen molar-refractivity contribution in [3.05, 3.63) is 106 Å². The van der Waals surface area contributed by atoms with Gasteiger partial charge in [-0.05, 0) is 87.4 Å². The third kappa shape index (κ3) is 4.41. The number of benzene rings is 2. The Morgan fingerprint density at radius 2 is 1.88 bits per heavy atom. The van der Waals surface area contributed by atoms with Crippen molar-refractivity contribution in [3.8, 4) is 17.2 Å². The van der Waals surface area contributed by atoms with Crippen LogP contribution in [0, 0.1) is 13.8 Å². The lowest BCUT2D eigenvalue weighted by molar-refractivity contribution is -0.139. The highest BCUT2D eigenvalue weighted by atomic mass is 79.9. The minimum atomic E-state index is -0.720. The number of allylic oxidation sites excluding steroid dienone is 1. The number of aryl methyl sites for hydroxylation is 1.